The van der Waals surface area contributed by atoms with Crippen LogP contribution in [0.5, 0.6) is 0 Å². The number of nitro groups is 1. The summed E-state index contributed by atoms with van der Waals surface area (Å²) < 4.78 is 13.1. The Kier molecular flexibility index (Phi) is 2.42. The molecule has 0 bridgehead atoms. The zero-order valence-electron chi connectivity index (χ0n) is 6.17. The van der Waals surface area contributed by atoms with Crippen LogP contribution in [0.4, 0.5) is 10.1 Å². The van der Waals surface area contributed by atoms with Crippen LogP contribution in [0.3, 0.4) is 0 Å². The van der Waals surface area contributed by atoms with E-state index in [9.17, 15) is 14.5 Å². The molecule has 0 fully saturated rings. The average Bonchev–Trinajstić information content (AvgIpc) is 1.97. The van der Waals surface area contributed by atoms with Crippen LogP contribution >= 0.6 is 15.9 Å². The molecule has 1 rings (SSSR count). The standard InChI is InChI=1S/C7H5BrFNO2/c1-4-2-3-5(8)6(9)7(4)10(11)12/h2-3H,1H3. The highest BCUT2D eigenvalue weighted by atomic mass is 79.9. The van der Waals surface area contributed by atoms with E-state index in [-0.39, 0.29) is 4.47 Å². The molecule has 1 aromatic carbocycles. The summed E-state index contributed by atoms with van der Waals surface area (Å²) in [6.07, 6.45) is 0. The van der Waals surface area contributed by atoms with E-state index in [1.807, 2.05) is 0 Å². The molecule has 0 saturated carbocycles. The van der Waals surface area contributed by atoms with E-state index in [1.54, 1.807) is 0 Å². The van der Waals surface area contributed by atoms with Crippen LogP contribution in [0, 0.1) is 22.9 Å². The molecule has 0 aliphatic carbocycles. The molecule has 0 saturated heterocycles. The first-order chi connectivity index (χ1) is 5.54. The van der Waals surface area contributed by atoms with Gasteiger partial charge in [0.05, 0.1) is 9.40 Å². The Labute approximate surface area is 76.5 Å². The Morgan fingerprint density at radius 3 is 2.58 bits per heavy atom. The van der Waals surface area contributed by atoms with Crippen LogP contribution in [-0.4, -0.2) is 4.92 Å². The van der Waals surface area contributed by atoms with Crippen LogP contribution in [-0.2, 0) is 0 Å². The lowest BCUT2D eigenvalue weighted by Gasteiger charge is -1.98. The second kappa shape index (κ2) is 3.18. The normalized spacial score (nSPS) is 9.92. The van der Waals surface area contributed by atoms with Gasteiger partial charge in [-0.2, -0.15) is 4.39 Å². The monoisotopic (exact) mass is 233 g/mol. The lowest BCUT2D eigenvalue weighted by Crippen LogP contribution is -1.96. The van der Waals surface area contributed by atoms with E-state index in [2.05, 4.69) is 15.9 Å². The van der Waals surface area contributed by atoms with E-state index >= 15 is 0 Å². The van der Waals surface area contributed by atoms with Gasteiger partial charge >= 0.3 is 5.69 Å². The molecule has 12 heavy (non-hydrogen) atoms. The second-order valence-electron chi connectivity index (χ2n) is 2.28. The number of rotatable bonds is 1. The van der Waals surface area contributed by atoms with Crippen molar-refractivity contribution in [2.45, 2.75) is 6.92 Å². The fourth-order valence-corrected chi connectivity index (χ4v) is 1.18. The summed E-state index contributed by atoms with van der Waals surface area (Å²) >= 11 is 2.87. The van der Waals surface area contributed by atoms with Crippen molar-refractivity contribution < 1.29 is 9.31 Å². The molecular weight excluding hydrogens is 229 g/mol. The second-order valence-corrected chi connectivity index (χ2v) is 3.14. The largest absolute Gasteiger partial charge is 0.308 e. The van der Waals surface area contributed by atoms with Crippen molar-refractivity contribution >= 4 is 21.6 Å². The lowest BCUT2D eigenvalue weighted by molar-refractivity contribution is -0.388. The SMILES string of the molecule is Cc1ccc(Br)c(F)c1[N+](=O)[O-]. The number of aryl methyl sites for hydroxylation is 1. The van der Waals surface area contributed by atoms with Gasteiger partial charge in [-0.3, -0.25) is 10.1 Å². The Morgan fingerprint density at radius 2 is 2.17 bits per heavy atom. The Hall–Kier alpha value is -0.970. The highest BCUT2D eigenvalue weighted by Crippen LogP contribution is 2.27. The maximum absolute atomic E-state index is 13.0. The van der Waals surface area contributed by atoms with E-state index in [0.717, 1.165) is 0 Å². The summed E-state index contributed by atoms with van der Waals surface area (Å²) in [6, 6.07) is 2.93. The number of benzene rings is 1. The molecular formula is C7H5BrFNO2. The van der Waals surface area contributed by atoms with Gasteiger partial charge in [-0.05, 0) is 28.9 Å². The minimum absolute atomic E-state index is 0.111. The van der Waals surface area contributed by atoms with E-state index in [0.29, 0.717) is 5.56 Å². The van der Waals surface area contributed by atoms with Crippen molar-refractivity contribution in [3.05, 3.63) is 38.1 Å². The summed E-state index contributed by atoms with van der Waals surface area (Å²) in [5.74, 6) is -0.819. The third kappa shape index (κ3) is 1.45. The molecule has 0 aromatic heterocycles. The quantitative estimate of drug-likeness (QED) is 0.553. The molecule has 3 nitrogen and oxygen atoms in total. The maximum atomic E-state index is 13.0. The van der Waals surface area contributed by atoms with Crippen LogP contribution in [0.25, 0.3) is 0 Å². The predicted octanol–water partition coefficient (Wildman–Crippen LogP) is 2.80. The predicted molar refractivity (Wildman–Crippen MR) is 45.5 cm³/mol. The number of hydrogen-bond donors (Lipinski definition) is 0. The highest BCUT2D eigenvalue weighted by molar-refractivity contribution is 9.10. The first kappa shape index (κ1) is 9.12. The summed E-state index contributed by atoms with van der Waals surface area (Å²) in [5.41, 5.74) is -0.148. The van der Waals surface area contributed by atoms with Gasteiger partial charge in [-0.15, -0.1) is 0 Å². The number of nitrogens with zero attached hydrogens (tertiary/aromatic N) is 1. The van der Waals surface area contributed by atoms with Crippen LogP contribution in [0.1, 0.15) is 5.56 Å². The third-order valence-electron chi connectivity index (χ3n) is 1.45. The Bertz CT molecular complexity index is 340. The molecule has 0 spiro atoms. The van der Waals surface area contributed by atoms with Crippen molar-refractivity contribution in [3.63, 3.8) is 0 Å². The topological polar surface area (TPSA) is 43.1 Å². The van der Waals surface area contributed by atoms with E-state index < -0.39 is 16.4 Å². The van der Waals surface area contributed by atoms with E-state index in [4.69, 9.17) is 0 Å². The summed E-state index contributed by atoms with van der Waals surface area (Å²) in [4.78, 5) is 9.61. The van der Waals surface area contributed by atoms with Gasteiger partial charge in [-0.1, -0.05) is 6.07 Å². The van der Waals surface area contributed by atoms with Crippen LogP contribution in [0.2, 0.25) is 0 Å². The minimum Gasteiger partial charge on any atom is -0.258 e. The van der Waals surface area contributed by atoms with Crippen LogP contribution < -0.4 is 0 Å². The summed E-state index contributed by atoms with van der Waals surface area (Å²) in [6.45, 7) is 1.49. The van der Waals surface area contributed by atoms with Gasteiger partial charge in [0.2, 0.25) is 5.82 Å². The molecule has 0 unspecified atom stereocenters. The Morgan fingerprint density at radius 1 is 1.58 bits per heavy atom. The van der Waals surface area contributed by atoms with Crippen LogP contribution in [0.15, 0.2) is 16.6 Å². The lowest BCUT2D eigenvalue weighted by atomic mass is 10.2. The number of halogens is 2. The molecule has 0 radical (unpaired) electrons. The summed E-state index contributed by atoms with van der Waals surface area (Å²) in [7, 11) is 0. The van der Waals surface area contributed by atoms with Crippen molar-refractivity contribution in [3.8, 4) is 0 Å². The summed E-state index contributed by atoms with van der Waals surface area (Å²) in [5, 5.41) is 10.3. The fourth-order valence-electron chi connectivity index (χ4n) is 0.861. The number of nitro benzene ring substituents is 1. The molecule has 0 aliphatic rings. The fraction of sp³-hybridized carbons (Fsp3) is 0.143. The molecule has 5 heteroatoms. The van der Waals surface area contributed by atoms with Crippen molar-refractivity contribution in [2.24, 2.45) is 0 Å². The van der Waals surface area contributed by atoms with Gasteiger partial charge in [0.15, 0.2) is 0 Å². The molecule has 0 atom stereocenters. The molecule has 0 amide bonds. The third-order valence-corrected chi connectivity index (χ3v) is 2.07. The zero-order valence-corrected chi connectivity index (χ0v) is 7.76. The van der Waals surface area contributed by atoms with Gasteiger partial charge < -0.3 is 0 Å². The minimum atomic E-state index is -0.819. The highest BCUT2D eigenvalue weighted by Gasteiger charge is 2.19. The maximum Gasteiger partial charge on any atom is 0.308 e. The van der Waals surface area contributed by atoms with Crippen molar-refractivity contribution in [2.75, 3.05) is 0 Å². The average molecular weight is 234 g/mol. The molecule has 0 heterocycles. The molecule has 1 aromatic rings. The Balaban J connectivity index is 3.43. The molecule has 0 aliphatic heterocycles. The van der Waals surface area contributed by atoms with E-state index in [1.165, 1.54) is 19.1 Å². The molecule has 0 N–H and O–H groups in total. The van der Waals surface area contributed by atoms with Gasteiger partial charge in [-0.25, -0.2) is 0 Å². The van der Waals surface area contributed by atoms with Crippen molar-refractivity contribution in [1.82, 2.24) is 0 Å². The molecule has 64 valence electrons. The van der Waals surface area contributed by atoms with Gasteiger partial charge in [0.1, 0.15) is 0 Å². The van der Waals surface area contributed by atoms with Crippen molar-refractivity contribution in [1.29, 1.82) is 0 Å². The number of hydrogen-bond acceptors (Lipinski definition) is 2. The smallest absolute Gasteiger partial charge is 0.258 e. The van der Waals surface area contributed by atoms with Gasteiger partial charge in [0.25, 0.3) is 0 Å². The first-order valence-corrected chi connectivity index (χ1v) is 3.92. The first-order valence-electron chi connectivity index (χ1n) is 3.13. The van der Waals surface area contributed by atoms with Gasteiger partial charge in [0, 0.05) is 5.56 Å². The zero-order chi connectivity index (χ0) is 9.30.